The van der Waals surface area contributed by atoms with Gasteiger partial charge in [-0.15, -0.1) is 11.8 Å². The molecule has 2 aliphatic rings. The van der Waals surface area contributed by atoms with Gasteiger partial charge < -0.3 is 9.80 Å². The van der Waals surface area contributed by atoms with Gasteiger partial charge in [-0.1, -0.05) is 18.2 Å². The molecule has 0 amide bonds. The third-order valence-corrected chi connectivity index (χ3v) is 5.87. The number of benzene rings is 1. The number of piperidine rings is 1. The van der Waals surface area contributed by atoms with Crippen LogP contribution in [0.15, 0.2) is 29.2 Å². The maximum atomic E-state index is 2.61. The molecule has 0 radical (unpaired) electrons. The van der Waals surface area contributed by atoms with Gasteiger partial charge in [0.15, 0.2) is 0 Å². The molecule has 1 saturated heterocycles. The van der Waals surface area contributed by atoms with Crippen LogP contribution in [0.4, 0.5) is 0 Å². The smallest absolute Gasteiger partial charge is 0.0117 e. The van der Waals surface area contributed by atoms with Crippen molar-refractivity contribution >= 4 is 11.8 Å². The van der Waals surface area contributed by atoms with Crippen molar-refractivity contribution in [2.45, 2.75) is 29.7 Å². The first-order valence-corrected chi connectivity index (χ1v) is 8.33. The highest BCUT2D eigenvalue weighted by Crippen LogP contribution is 2.39. The lowest BCUT2D eigenvalue weighted by Gasteiger charge is -2.36. The first-order chi connectivity index (χ1) is 9.24. The molecule has 1 aromatic carbocycles. The molecule has 0 saturated carbocycles. The molecule has 2 heterocycles. The Bertz CT molecular complexity index is 427. The lowest BCUT2D eigenvalue weighted by atomic mass is 9.98. The Morgan fingerprint density at radius 2 is 2.00 bits per heavy atom. The Kier molecular flexibility index (Phi) is 4.15. The minimum atomic E-state index is 0.728. The molecule has 2 aliphatic heterocycles. The van der Waals surface area contributed by atoms with Gasteiger partial charge in [-0.05, 0) is 51.7 Å². The number of rotatable bonds is 3. The minimum absolute atomic E-state index is 0.728. The summed E-state index contributed by atoms with van der Waals surface area (Å²) in [4.78, 5) is 6.56. The van der Waals surface area contributed by atoms with E-state index in [-0.39, 0.29) is 0 Å². The molecular formula is C16H24N2S. The van der Waals surface area contributed by atoms with Crippen LogP contribution >= 0.6 is 11.8 Å². The standard InChI is InChI=1S/C16H24N2S/c1-17-9-7-14(8-10-17)18(2)11-13-12-19-16-6-4-3-5-15(13)16/h3-6,13-14H,7-12H2,1-2H3. The zero-order valence-electron chi connectivity index (χ0n) is 12.0. The molecule has 0 aromatic heterocycles. The fourth-order valence-corrected chi connectivity index (χ4v) is 4.55. The molecule has 0 spiro atoms. The fourth-order valence-electron chi connectivity index (χ4n) is 3.31. The molecule has 1 unspecified atom stereocenters. The lowest BCUT2D eigenvalue weighted by Crippen LogP contribution is -2.43. The molecule has 3 rings (SSSR count). The molecule has 19 heavy (non-hydrogen) atoms. The van der Waals surface area contributed by atoms with Crippen molar-refractivity contribution in [3.05, 3.63) is 29.8 Å². The average Bonchev–Trinajstić information content (AvgIpc) is 2.83. The number of likely N-dealkylation sites (tertiary alicyclic amines) is 1. The van der Waals surface area contributed by atoms with E-state index in [9.17, 15) is 0 Å². The highest BCUT2D eigenvalue weighted by Gasteiger charge is 2.27. The summed E-state index contributed by atoms with van der Waals surface area (Å²) in [5.74, 6) is 1.99. The van der Waals surface area contributed by atoms with Crippen molar-refractivity contribution in [2.75, 3.05) is 39.5 Å². The third-order valence-electron chi connectivity index (χ3n) is 4.62. The predicted octanol–water partition coefficient (Wildman–Crippen LogP) is 2.90. The zero-order valence-corrected chi connectivity index (χ0v) is 12.8. The van der Waals surface area contributed by atoms with Crippen LogP contribution in [-0.2, 0) is 0 Å². The Morgan fingerprint density at radius 3 is 2.79 bits per heavy atom. The molecule has 2 nitrogen and oxygen atoms in total. The van der Waals surface area contributed by atoms with Gasteiger partial charge in [0.2, 0.25) is 0 Å². The second kappa shape index (κ2) is 5.86. The summed E-state index contributed by atoms with van der Waals surface area (Å²) in [6.45, 7) is 3.73. The van der Waals surface area contributed by atoms with Crippen molar-refractivity contribution in [3.63, 3.8) is 0 Å². The van der Waals surface area contributed by atoms with Crippen LogP contribution in [-0.4, -0.2) is 55.3 Å². The fraction of sp³-hybridized carbons (Fsp3) is 0.625. The summed E-state index contributed by atoms with van der Waals surface area (Å²) >= 11 is 2.03. The predicted molar refractivity (Wildman–Crippen MR) is 83.1 cm³/mol. The van der Waals surface area contributed by atoms with Crippen molar-refractivity contribution in [1.82, 2.24) is 9.80 Å². The monoisotopic (exact) mass is 276 g/mol. The SMILES string of the molecule is CN1CCC(N(C)CC2CSc3ccccc32)CC1. The zero-order chi connectivity index (χ0) is 13.2. The van der Waals surface area contributed by atoms with Crippen molar-refractivity contribution in [2.24, 2.45) is 0 Å². The van der Waals surface area contributed by atoms with Gasteiger partial charge in [0, 0.05) is 29.2 Å². The topological polar surface area (TPSA) is 6.48 Å². The van der Waals surface area contributed by atoms with Gasteiger partial charge in [0.05, 0.1) is 0 Å². The van der Waals surface area contributed by atoms with E-state index in [1.54, 1.807) is 5.56 Å². The molecule has 0 N–H and O–H groups in total. The Balaban J connectivity index is 1.60. The van der Waals surface area contributed by atoms with Crippen LogP contribution in [0.3, 0.4) is 0 Å². The lowest BCUT2D eigenvalue weighted by molar-refractivity contribution is 0.140. The van der Waals surface area contributed by atoms with Crippen LogP contribution in [0, 0.1) is 0 Å². The molecule has 1 atom stereocenters. The van der Waals surface area contributed by atoms with Gasteiger partial charge in [0.1, 0.15) is 0 Å². The van der Waals surface area contributed by atoms with Gasteiger partial charge in [-0.25, -0.2) is 0 Å². The maximum Gasteiger partial charge on any atom is 0.0117 e. The molecule has 0 bridgehead atoms. The highest BCUT2D eigenvalue weighted by molar-refractivity contribution is 7.99. The van der Waals surface area contributed by atoms with E-state index >= 15 is 0 Å². The van der Waals surface area contributed by atoms with E-state index in [1.165, 1.54) is 43.1 Å². The number of likely N-dealkylation sites (N-methyl/N-ethyl adjacent to an activating group) is 1. The van der Waals surface area contributed by atoms with E-state index in [4.69, 9.17) is 0 Å². The number of fused-ring (bicyclic) bond motifs is 1. The number of thioether (sulfide) groups is 1. The summed E-state index contributed by atoms with van der Waals surface area (Å²) in [5, 5.41) is 0. The van der Waals surface area contributed by atoms with E-state index in [1.807, 2.05) is 11.8 Å². The van der Waals surface area contributed by atoms with Crippen LogP contribution in [0.2, 0.25) is 0 Å². The molecular weight excluding hydrogens is 252 g/mol. The van der Waals surface area contributed by atoms with Gasteiger partial charge in [-0.3, -0.25) is 0 Å². The van der Waals surface area contributed by atoms with E-state index in [0.717, 1.165) is 12.0 Å². The van der Waals surface area contributed by atoms with Crippen LogP contribution < -0.4 is 0 Å². The second-order valence-corrected chi connectivity index (χ2v) is 7.08. The van der Waals surface area contributed by atoms with Gasteiger partial charge >= 0.3 is 0 Å². The summed E-state index contributed by atoms with van der Waals surface area (Å²) < 4.78 is 0. The molecule has 1 aromatic rings. The van der Waals surface area contributed by atoms with Crippen LogP contribution in [0.5, 0.6) is 0 Å². The summed E-state index contributed by atoms with van der Waals surface area (Å²) in [6.07, 6.45) is 2.66. The van der Waals surface area contributed by atoms with E-state index in [2.05, 4.69) is 48.2 Å². The molecule has 1 fully saturated rings. The highest BCUT2D eigenvalue weighted by atomic mass is 32.2. The second-order valence-electron chi connectivity index (χ2n) is 6.02. The summed E-state index contributed by atoms with van der Waals surface area (Å²) in [5.41, 5.74) is 1.58. The normalized spacial score (nSPS) is 24.9. The van der Waals surface area contributed by atoms with Crippen LogP contribution in [0.1, 0.15) is 24.3 Å². The Hall–Kier alpha value is -0.510. The first kappa shape index (κ1) is 13.5. The summed E-state index contributed by atoms with van der Waals surface area (Å²) in [7, 11) is 4.56. The maximum absolute atomic E-state index is 2.61. The molecule has 0 aliphatic carbocycles. The third kappa shape index (κ3) is 2.99. The molecule has 3 heteroatoms. The van der Waals surface area contributed by atoms with Gasteiger partial charge in [0.25, 0.3) is 0 Å². The number of hydrogen-bond acceptors (Lipinski definition) is 3. The van der Waals surface area contributed by atoms with Gasteiger partial charge in [-0.2, -0.15) is 0 Å². The minimum Gasteiger partial charge on any atom is -0.306 e. The largest absolute Gasteiger partial charge is 0.306 e. The Morgan fingerprint density at radius 1 is 1.26 bits per heavy atom. The van der Waals surface area contributed by atoms with Crippen molar-refractivity contribution < 1.29 is 0 Å². The molecule has 104 valence electrons. The Labute approximate surface area is 121 Å². The number of nitrogens with zero attached hydrogens (tertiary/aromatic N) is 2. The van der Waals surface area contributed by atoms with Crippen LogP contribution in [0.25, 0.3) is 0 Å². The summed E-state index contributed by atoms with van der Waals surface area (Å²) in [6, 6.07) is 9.73. The van der Waals surface area contributed by atoms with Crippen molar-refractivity contribution in [3.8, 4) is 0 Å². The first-order valence-electron chi connectivity index (χ1n) is 7.34. The number of hydrogen-bond donors (Lipinski definition) is 0. The van der Waals surface area contributed by atoms with E-state index < -0.39 is 0 Å². The average molecular weight is 276 g/mol. The van der Waals surface area contributed by atoms with Crippen molar-refractivity contribution in [1.29, 1.82) is 0 Å². The quantitative estimate of drug-likeness (QED) is 0.838. The van der Waals surface area contributed by atoms with E-state index in [0.29, 0.717) is 0 Å².